The molecule has 1 aromatic carbocycles. The highest BCUT2D eigenvalue weighted by molar-refractivity contribution is 5.80. The van der Waals surface area contributed by atoms with Gasteiger partial charge in [0.1, 0.15) is 11.5 Å². The number of benzene rings is 1. The average Bonchev–Trinajstić information content (AvgIpc) is 2.84. The first-order valence-electron chi connectivity index (χ1n) is 6.77. The van der Waals surface area contributed by atoms with Gasteiger partial charge in [0.2, 0.25) is 0 Å². The molecule has 0 saturated carbocycles. The first-order chi connectivity index (χ1) is 9.65. The number of furan rings is 1. The van der Waals surface area contributed by atoms with Crippen molar-refractivity contribution in [2.75, 3.05) is 11.4 Å². The van der Waals surface area contributed by atoms with Gasteiger partial charge in [-0.3, -0.25) is 4.79 Å². The number of para-hydroxylation sites is 1. The second-order valence-electron chi connectivity index (χ2n) is 5.17. The van der Waals surface area contributed by atoms with E-state index in [9.17, 15) is 9.90 Å². The molecule has 20 heavy (non-hydrogen) atoms. The third kappa shape index (κ3) is 2.29. The van der Waals surface area contributed by atoms with E-state index >= 15 is 0 Å². The lowest BCUT2D eigenvalue weighted by Gasteiger charge is -2.33. The minimum atomic E-state index is -0.744. The molecule has 0 amide bonds. The lowest BCUT2D eigenvalue weighted by molar-refractivity contribution is -0.139. The Morgan fingerprint density at radius 1 is 1.35 bits per heavy atom. The monoisotopic (exact) mass is 271 g/mol. The highest BCUT2D eigenvalue weighted by atomic mass is 16.4. The molecule has 104 valence electrons. The van der Waals surface area contributed by atoms with E-state index in [1.807, 2.05) is 43.3 Å². The molecule has 4 nitrogen and oxygen atoms in total. The molecule has 0 fully saturated rings. The van der Waals surface area contributed by atoms with E-state index in [1.54, 1.807) is 0 Å². The molecule has 1 aliphatic heterocycles. The fourth-order valence-electron chi connectivity index (χ4n) is 2.81. The zero-order valence-electron chi connectivity index (χ0n) is 11.4. The third-order valence-electron chi connectivity index (χ3n) is 3.78. The van der Waals surface area contributed by atoms with Gasteiger partial charge >= 0.3 is 5.97 Å². The fourth-order valence-corrected chi connectivity index (χ4v) is 2.81. The van der Waals surface area contributed by atoms with E-state index in [1.165, 1.54) is 0 Å². The summed E-state index contributed by atoms with van der Waals surface area (Å²) >= 11 is 0. The van der Waals surface area contributed by atoms with Crippen LogP contribution in [0.1, 0.15) is 29.4 Å². The molecular formula is C16H17NO3. The van der Waals surface area contributed by atoms with Crippen LogP contribution < -0.4 is 4.90 Å². The molecule has 1 aliphatic rings. The van der Waals surface area contributed by atoms with E-state index in [0.717, 1.165) is 29.3 Å². The Morgan fingerprint density at radius 2 is 2.15 bits per heavy atom. The van der Waals surface area contributed by atoms with Crippen molar-refractivity contribution in [1.29, 1.82) is 0 Å². The number of carboxylic acid groups (broad SMARTS) is 1. The van der Waals surface area contributed by atoms with Crippen LogP contribution in [0.5, 0.6) is 0 Å². The van der Waals surface area contributed by atoms with Crippen molar-refractivity contribution in [2.24, 2.45) is 0 Å². The fraction of sp³-hybridized carbons (Fsp3) is 0.312. The van der Waals surface area contributed by atoms with E-state index in [4.69, 9.17) is 4.42 Å². The lowest BCUT2D eigenvalue weighted by atomic mass is 9.90. The van der Waals surface area contributed by atoms with Crippen molar-refractivity contribution in [3.05, 3.63) is 53.5 Å². The van der Waals surface area contributed by atoms with Crippen molar-refractivity contribution in [1.82, 2.24) is 0 Å². The van der Waals surface area contributed by atoms with Crippen LogP contribution in [-0.4, -0.2) is 17.6 Å². The Morgan fingerprint density at radius 3 is 2.85 bits per heavy atom. The SMILES string of the molecule is Cc1ccc(CN2CCC(C(=O)O)c3ccccc32)o1. The zero-order valence-corrected chi connectivity index (χ0v) is 11.4. The highest BCUT2D eigenvalue weighted by Crippen LogP contribution is 2.36. The smallest absolute Gasteiger partial charge is 0.311 e. The third-order valence-corrected chi connectivity index (χ3v) is 3.78. The number of anilines is 1. The molecule has 2 aromatic rings. The summed E-state index contributed by atoms with van der Waals surface area (Å²) in [6.45, 7) is 3.33. The molecule has 0 radical (unpaired) electrons. The Balaban J connectivity index is 1.90. The van der Waals surface area contributed by atoms with Crippen molar-refractivity contribution >= 4 is 11.7 Å². The van der Waals surface area contributed by atoms with Crippen LogP contribution in [0.2, 0.25) is 0 Å². The van der Waals surface area contributed by atoms with Crippen LogP contribution in [0, 0.1) is 6.92 Å². The van der Waals surface area contributed by atoms with Crippen LogP contribution >= 0.6 is 0 Å². The quantitative estimate of drug-likeness (QED) is 0.931. The minimum Gasteiger partial charge on any atom is -0.481 e. The van der Waals surface area contributed by atoms with Gasteiger partial charge in [-0.15, -0.1) is 0 Å². The lowest BCUT2D eigenvalue weighted by Crippen LogP contribution is -2.32. The maximum absolute atomic E-state index is 11.3. The maximum atomic E-state index is 11.3. The number of nitrogens with zero attached hydrogens (tertiary/aromatic N) is 1. The standard InChI is InChI=1S/C16H17NO3/c1-11-6-7-12(20-11)10-17-9-8-14(16(18)19)13-4-2-3-5-15(13)17/h2-7,14H,8-10H2,1H3,(H,18,19). The predicted octanol–water partition coefficient (Wildman–Crippen LogP) is 3.17. The summed E-state index contributed by atoms with van der Waals surface area (Å²) in [5.74, 6) is 0.659. The second-order valence-corrected chi connectivity index (χ2v) is 5.17. The normalized spacial score (nSPS) is 17.9. The molecule has 1 N–H and O–H groups in total. The average molecular weight is 271 g/mol. The summed E-state index contributed by atoms with van der Waals surface area (Å²) in [7, 11) is 0. The summed E-state index contributed by atoms with van der Waals surface area (Å²) in [6, 6.07) is 11.7. The van der Waals surface area contributed by atoms with Gasteiger partial charge in [-0.2, -0.15) is 0 Å². The zero-order chi connectivity index (χ0) is 14.1. The molecule has 3 rings (SSSR count). The van der Waals surface area contributed by atoms with E-state index in [0.29, 0.717) is 13.0 Å². The summed E-state index contributed by atoms with van der Waals surface area (Å²) in [5, 5.41) is 9.33. The van der Waals surface area contributed by atoms with Gasteiger partial charge in [0.05, 0.1) is 12.5 Å². The summed E-state index contributed by atoms with van der Waals surface area (Å²) in [4.78, 5) is 13.5. The van der Waals surface area contributed by atoms with Gasteiger partial charge in [0, 0.05) is 12.2 Å². The molecule has 2 heterocycles. The van der Waals surface area contributed by atoms with Crippen molar-refractivity contribution in [3.63, 3.8) is 0 Å². The van der Waals surface area contributed by atoms with Gasteiger partial charge < -0.3 is 14.4 Å². The summed E-state index contributed by atoms with van der Waals surface area (Å²) < 4.78 is 5.62. The molecule has 1 unspecified atom stereocenters. The number of carboxylic acids is 1. The van der Waals surface area contributed by atoms with Gasteiger partial charge in [0.25, 0.3) is 0 Å². The van der Waals surface area contributed by atoms with Gasteiger partial charge in [-0.05, 0) is 37.1 Å². The van der Waals surface area contributed by atoms with E-state index in [-0.39, 0.29) is 0 Å². The van der Waals surface area contributed by atoms with E-state index < -0.39 is 11.9 Å². The Hall–Kier alpha value is -2.23. The number of carbonyl (C=O) groups is 1. The summed E-state index contributed by atoms with van der Waals surface area (Å²) in [5.41, 5.74) is 1.90. The van der Waals surface area contributed by atoms with Gasteiger partial charge in [-0.1, -0.05) is 18.2 Å². The Labute approximate surface area is 117 Å². The first-order valence-corrected chi connectivity index (χ1v) is 6.77. The molecular weight excluding hydrogens is 254 g/mol. The van der Waals surface area contributed by atoms with Gasteiger partial charge in [-0.25, -0.2) is 0 Å². The molecule has 4 heteroatoms. The first kappa shape index (κ1) is 12.8. The molecule has 0 aliphatic carbocycles. The van der Waals surface area contributed by atoms with E-state index in [2.05, 4.69) is 4.90 Å². The number of aliphatic carboxylic acids is 1. The van der Waals surface area contributed by atoms with Crippen molar-refractivity contribution in [3.8, 4) is 0 Å². The van der Waals surface area contributed by atoms with Crippen LogP contribution in [0.3, 0.4) is 0 Å². The number of hydrogen-bond acceptors (Lipinski definition) is 3. The minimum absolute atomic E-state index is 0.402. The predicted molar refractivity (Wildman–Crippen MR) is 75.9 cm³/mol. The molecule has 0 spiro atoms. The second kappa shape index (κ2) is 5.04. The van der Waals surface area contributed by atoms with Crippen molar-refractivity contribution < 1.29 is 14.3 Å². The number of hydrogen-bond donors (Lipinski definition) is 1. The van der Waals surface area contributed by atoms with Crippen LogP contribution in [0.15, 0.2) is 40.8 Å². The number of fused-ring (bicyclic) bond motifs is 1. The largest absolute Gasteiger partial charge is 0.481 e. The molecule has 1 atom stereocenters. The topological polar surface area (TPSA) is 53.7 Å². The Kier molecular flexibility index (Phi) is 3.22. The van der Waals surface area contributed by atoms with Gasteiger partial charge in [0.15, 0.2) is 0 Å². The number of aryl methyl sites for hydroxylation is 1. The summed E-state index contributed by atoms with van der Waals surface area (Å²) in [6.07, 6.45) is 0.631. The number of rotatable bonds is 3. The molecule has 0 bridgehead atoms. The van der Waals surface area contributed by atoms with Crippen LogP contribution in [0.25, 0.3) is 0 Å². The van der Waals surface area contributed by atoms with Crippen LogP contribution in [-0.2, 0) is 11.3 Å². The molecule has 1 aromatic heterocycles. The highest BCUT2D eigenvalue weighted by Gasteiger charge is 2.29. The van der Waals surface area contributed by atoms with Crippen LogP contribution in [0.4, 0.5) is 5.69 Å². The molecule has 0 saturated heterocycles. The maximum Gasteiger partial charge on any atom is 0.311 e. The Bertz CT molecular complexity index is 632. The van der Waals surface area contributed by atoms with Crippen molar-refractivity contribution in [2.45, 2.75) is 25.8 Å².